The molecule has 0 unspecified atom stereocenters. The number of halogens is 2. The van der Waals surface area contributed by atoms with Crippen molar-refractivity contribution in [2.45, 2.75) is 6.92 Å². The summed E-state index contributed by atoms with van der Waals surface area (Å²) in [5.41, 5.74) is -2.19. The first kappa shape index (κ1) is 19.5. The zero-order chi connectivity index (χ0) is 20.6. The fraction of sp³-hybridized carbons (Fsp3) is 0.125. The van der Waals surface area contributed by atoms with Gasteiger partial charge in [0.1, 0.15) is 0 Å². The summed E-state index contributed by atoms with van der Waals surface area (Å²) in [5.74, 6) is -0.666. The highest BCUT2D eigenvalue weighted by Crippen LogP contribution is 2.38. The van der Waals surface area contributed by atoms with Crippen molar-refractivity contribution in [3.8, 4) is 22.9 Å². The number of carbonyl (C=O) groups excluding carboxylic acids is 1. The molecule has 0 atom stereocenters. The normalized spacial score (nSPS) is 10.7. The Balaban J connectivity index is 2.04. The first-order valence-corrected chi connectivity index (χ1v) is 8.38. The Morgan fingerprint density at radius 3 is 2.39 bits per heavy atom. The molecule has 0 fully saturated rings. The molecule has 0 bridgehead atoms. The summed E-state index contributed by atoms with van der Waals surface area (Å²) in [6.07, 6.45) is 1.15. The summed E-state index contributed by atoms with van der Waals surface area (Å²) in [6.45, 7) is 1.19. The quantitative estimate of drug-likeness (QED) is 0.605. The second-order valence-corrected chi connectivity index (χ2v) is 6.39. The van der Waals surface area contributed by atoms with E-state index in [1.807, 2.05) is 0 Å². The molecule has 144 valence electrons. The van der Waals surface area contributed by atoms with Crippen LogP contribution >= 0.6 is 23.2 Å². The SMILES string of the molecule is CC(=O)c1nc(Oc2c(Cl)cc(-c3nn(C)c(=O)[nH]c3=O)cc2Cl)c[nH]c1=O. The fourth-order valence-electron chi connectivity index (χ4n) is 2.25. The van der Waals surface area contributed by atoms with E-state index < -0.39 is 22.6 Å². The number of Topliss-reactive ketones (excluding diaryl/α,β-unsaturated/α-hetero) is 1. The van der Waals surface area contributed by atoms with Crippen LogP contribution in [0.15, 0.2) is 32.7 Å². The highest BCUT2D eigenvalue weighted by Gasteiger charge is 2.17. The highest BCUT2D eigenvalue weighted by molar-refractivity contribution is 6.37. The molecule has 12 heteroatoms. The van der Waals surface area contributed by atoms with Crippen LogP contribution in [0.4, 0.5) is 0 Å². The second kappa shape index (κ2) is 7.41. The summed E-state index contributed by atoms with van der Waals surface area (Å²) in [7, 11) is 1.37. The van der Waals surface area contributed by atoms with E-state index in [2.05, 4.69) is 20.1 Å². The van der Waals surface area contributed by atoms with Crippen LogP contribution in [0.2, 0.25) is 10.0 Å². The maximum Gasteiger partial charge on any atom is 0.344 e. The number of ether oxygens (including phenoxy) is 1. The summed E-state index contributed by atoms with van der Waals surface area (Å²) >= 11 is 12.4. The van der Waals surface area contributed by atoms with E-state index in [0.717, 1.165) is 10.9 Å². The lowest BCUT2D eigenvalue weighted by Crippen LogP contribution is -2.31. The van der Waals surface area contributed by atoms with Crippen LogP contribution < -0.4 is 21.5 Å². The van der Waals surface area contributed by atoms with Gasteiger partial charge in [-0.2, -0.15) is 5.10 Å². The average molecular weight is 424 g/mol. The van der Waals surface area contributed by atoms with Gasteiger partial charge in [0, 0.05) is 19.5 Å². The molecule has 28 heavy (non-hydrogen) atoms. The van der Waals surface area contributed by atoms with Crippen molar-refractivity contribution in [2.75, 3.05) is 0 Å². The van der Waals surface area contributed by atoms with Gasteiger partial charge in [-0.3, -0.25) is 19.4 Å². The molecule has 0 radical (unpaired) electrons. The molecule has 0 saturated carbocycles. The van der Waals surface area contributed by atoms with E-state index in [4.69, 9.17) is 27.9 Å². The third-order valence-corrected chi connectivity index (χ3v) is 4.12. The van der Waals surface area contributed by atoms with Gasteiger partial charge in [0.25, 0.3) is 11.1 Å². The van der Waals surface area contributed by atoms with E-state index >= 15 is 0 Å². The molecule has 0 aliphatic heterocycles. The maximum atomic E-state index is 12.0. The number of aromatic nitrogens is 5. The summed E-state index contributed by atoms with van der Waals surface area (Å²) < 4.78 is 6.45. The number of ketones is 1. The molecule has 1 aromatic carbocycles. The van der Waals surface area contributed by atoms with Crippen LogP contribution in [-0.4, -0.2) is 30.5 Å². The Morgan fingerprint density at radius 1 is 1.14 bits per heavy atom. The topological polar surface area (TPSA) is 140 Å². The molecule has 0 saturated heterocycles. The number of carbonyl (C=O) groups is 1. The predicted molar refractivity (Wildman–Crippen MR) is 100 cm³/mol. The molecular weight excluding hydrogens is 413 g/mol. The van der Waals surface area contributed by atoms with Crippen molar-refractivity contribution in [3.63, 3.8) is 0 Å². The lowest BCUT2D eigenvalue weighted by Gasteiger charge is -2.11. The minimum Gasteiger partial charge on any atom is -0.434 e. The first-order valence-electron chi connectivity index (χ1n) is 7.63. The van der Waals surface area contributed by atoms with Crippen LogP contribution in [0.3, 0.4) is 0 Å². The number of hydrogen-bond donors (Lipinski definition) is 2. The summed E-state index contributed by atoms with van der Waals surface area (Å²) in [6, 6.07) is 2.73. The lowest BCUT2D eigenvalue weighted by atomic mass is 10.1. The van der Waals surface area contributed by atoms with Gasteiger partial charge in [-0.25, -0.2) is 14.5 Å². The molecule has 2 aromatic heterocycles. The van der Waals surface area contributed by atoms with Crippen molar-refractivity contribution >= 4 is 29.0 Å². The van der Waals surface area contributed by atoms with Crippen molar-refractivity contribution < 1.29 is 9.53 Å². The average Bonchev–Trinajstić information content (AvgIpc) is 2.62. The molecule has 3 aromatic rings. The Hall–Kier alpha value is -3.24. The third kappa shape index (κ3) is 3.73. The minimum atomic E-state index is -0.711. The fourth-order valence-corrected chi connectivity index (χ4v) is 2.81. The molecular formula is C16H11Cl2N5O5. The minimum absolute atomic E-state index is 0.00919. The number of hydrogen-bond acceptors (Lipinski definition) is 7. The Morgan fingerprint density at radius 2 is 1.79 bits per heavy atom. The Bertz CT molecular complexity index is 1250. The van der Waals surface area contributed by atoms with Crippen molar-refractivity contribution in [3.05, 3.63) is 65.3 Å². The lowest BCUT2D eigenvalue weighted by molar-refractivity contribution is 0.101. The van der Waals surface area contributed by atoms with Crippen molar-refractivity contribution in [1.82, 2.24) is 24.7 Å². The number of aromatic amines is 2. The Kier molecular flexibility index (Phi) is 5.16. The highest BCUT2D eigenvalue weighted by atomic mass is 35.5. The van der Waals surface area contributed by atoms with E-state index in [1.165, 1.54) is 26.1 Å². The van der Waals surface area contributed by atoms with Crippen LogP contribution in [0.25, 0.3) is 11.3 Å². The summed E-state index contributed by atoms with van der Waals surface area (Å²) in [4.78, 5) is 54.7. The van der Waals surface area contributed by atoms with Crippen LogP contribution in [-0.2, 0) is 7.05 Å². The molecule has 0 aliphatic carbocycles. The van der Waals surface area contributed by atoms with Gasteiger partial charge >= 0.3 is 5.69 Å². The molecule has 0 aliphatic rings. The van der Waals surface area contributed by atoms with E-state index in [9.17, 15) is 19.2 Å². The molecule has 0 amide bonds. The first-order chi connectivity index (χ1) is 13.2. The van der Waals surface area contributed by atoms with Gasteiger partial charge in [-0.15, -0.1) is 0 Å². The zero-order valence-electron chi connectivity index (χ0n) is 14.4. The Labute approximate surface area is 165 Å². The van der Waals surface area contributed by atoms with Crippen molar-refractivity contribution in [1.29, 1.82) is 0 Å². The number of rotatable bonds is 4. The number of nitrogens with one attached hydrogen (secondary N) is 2. The zero-order valence-corrected chi connectivity index (χ0v) is 15.9. The number of aryl methyl sites for hydroxylation is 1. The van der Waals surface area contributed by atoms with E-state index in [-0.39, 0.29) is 38.6 Å². The van der Waals surface area contributed by atoms with E-state index in [1.54, 1.807) is 0 Å². The molecule has 2 N–H and O–H groups in total. The van der Waals surface area contributed by atoms with Gasteiger partial charge in [0.15, 0.2) is 22.9 Å². The molecule has 2 heterocycles. The van der Waals surface area contributed by atoms with Crippen molar-refractivity contribution in [2.24, 2.45) is 7.05 Å². The maximum absolute atomic E-state index is 12.0. The molecule has 3 rings (SSSR count). The third-order valence-electron chi connectivity index (χ3n) is 3.56. The monoisotopic (exact) mass is 423 g/mol. The number of nitrogens with zero attached hydrogens (tertiary/aromatic N) is 3. The largest absolute Gasteiger partial charge is 0.434 e. The molecule has 10 nitrogen and oxygen atoms in total. The van der Waals surface area contributed by atoms with Gasteiger partial charge < -0.3 is 9.72 Å². The van der Waals surface area contributed by atoms with Crippen LogP contribution in [0.5, 0.6) is 11.6 Å². The van der Waals surface area contributed by atoms with Gasteiger partial charge in [0.05, 0.1) is 16.2 Å². The van der Waals surface area contributed by atoms with Crippen LogP contribution in [0, 0.1) is 0 Å². The van der Waals surface area contributed by atoms with E-state index in [0.29, 0.717) is 0 Å². The summed E-state index contributed by atoms with van der Waals surface area (Å²) in [5, 5.41) is 3.91. The van der Waals surface area contributed by atoms with Crippen LogP contribution in [0.1, 0.15) is 17.4 Å². The second-order valence-electron chi connectivity index (χ2n) is 5.58. The van der Waals surface area contributed by atoms with Gasteiger partial charge in [-0.05, 0) is 12.1 Å². The molecule has 0 spiro atoms. The van der Waals surface area contributed by atoms with Gasteiger partial charge in [0.2, 0.25) is 5.88 Å². The van der Waals surface area contributed by atoms with Gasteiger partial charge in [-0.1, -0.05) is 23.2 Å². The number of benzene rings is 1. The predicted octanol–water partition coefficient (Wildman–Crippen LogP) is 1.52. The smallest absolute Gasteiger partial charge is 0.344 e. The standard InChI is InChI=1S/C16H11Cl2N5O5/c1-6(24)11-14(25)19-5-10(20-11)28-13-8(17)3-7(4-9(13)18)12-15(26)21-16(27)23(2)22-12/h3-5H,1-2H3,(H,19,25)(H,21,26,27). The number of H-pyrrole nitrogens is 2.